The lowest BCUT2D eigenvalue weighted by Gasteiger charge is -2.13. The third kappa shape index (κ3) is 2.54. The molecule has 0 amide bonds. The van der Waals surface area contributed by atoms with Crippen molar-refractivity contribution in [3.8, 4) is 0 Å². The van der Waals surface area contributed by atoms with Crippen molar-refractivity contribution >= 4 is 28.1 Å². The van der Waals surface area contributed by atoms with E-state index in [1.807, 2.05) is 0 Å². The fourth-order valence-corrected chi connectivity index (χ4v) is 2.87. The smallest absolute Gasteiger partial charge is 0.0489 e. The van der Waals surface area contributed by atoms with Crippen LogP contribution in [0.1, 0.15) is 18.9 Å². The van der Waals surface area contributed by atoms with E-state index < -0.39 is 0 Å². The quantitative estimate of drug-likeness (QED) is 0.896. The van der Waals surface area contributed by atoms with Gasteiger partial charge in [-0.3, -0.25) is 0 Å². The molecule has 1 aromatic carbocycles. The van der Waals surface area contributed by atoms with E-state index in [-0.39, 0.29) is 0 Å². The molecule has 0 aliphatic carbocycles. The number of nitrogens with zero attached hydrogens (tertiary/aromatic N) is 1. The second kappa shape index (κ2) is 5.86. The van der Waals surface area contributed by atoms with Crippen molar-refractivity contribution in [2.45, 2.75) is 19.9 Å². The van der Waals surface area contributed by atoms with Crippen LogP contribution in [0, 0.1) is 0 Å². The average Bonchev–Trinajstić information content (AvgIpc) is 2.87. The first-order valence-electron chi connectivity index (χ1n) is 7.03. The Labute approximate surface area is 124 Å². The summed E-state index contributed by atoms with van der Waals surface area (Å²) in [5.74, 6) is 0. The Morgan fingerprint density at radius 3 is 3.00 bits per heavy atom. The first kappa shape index (κ1) is 13.5. The zero-order valence-electron chi connectivity index (χ0n) is 11.7. The van der Waals surface area contributed by atoms with Gasteiger partial charge in [0.1, 0.15) is 0 Å². The van der Waals surface area contributed by atoms with Gasteiger partial charge in [-0.25, -0.2) is 0 Å². The highest BCUT2D eigenvalue weighted by Gasteiger charge is 2.13. The molecule has 0 spiro atoms. The lowest BCUT2D eigenvalue weighted by molar-refractivity contribution is 0.738. The molecule has 1 N–H and O–H groups in total. The molecule has 20 heavy (non-hydrogen) atoms. The number of halogens is 1. The highest BCUT2D eigenvalue weighted by Crippen LogP contribution is 2.30. The number of aromatic nitrogens is 1. The van der Waals surface area contributed by atoms with Gasteiger partial charge in [-0.05, 0) is 37.1 Å². The van der Waals surface area contributed by atoms with E-state index in [0.29, 0.717) is 0 Å². The van der Waals surface area contributed by atoms with E-state index in [4.69, 9.17) is 11.6 Å². The molecule has 0 fully saturated rings. The van der Waals surface area contributed by atoms with E-state index in [1.54, 1.807) is 5.54 Å². The molecule has 3 heteroatoms. The minimum absolute atomic E-state index is 0.843. The van der Waals surface area contributed by atoms with Gasteiger partial charge >= 0.3 is 0 Å². The summed E-state index contributed by atoms with van der Waals surface area (Å²) >= 11 is 5.81. The van der Waals surface area contributed by atoms with E-state index in [9.17, 15) is 0 Å². The zero-order chi connectivity index (χ0) is 13.9. The number of fused-ring (bicyclic) bond motifs is 1. The number of hydrogen-bond acceptors (Lipinski definition) is 1. The highest BCUT2D eigenvalue weighted by molar-refractivity contribution is 6.25. The number of hydrogen-bond donors (Lipinski definition) is 1. The van der Waals surface area contributed by atoms with E-state index >= 15 is 0 Å². The summed E-state index contributed by atoms with van der Waals surface area (Å²) in [4.78, 5) is 0. The Kier molecular flexibility index (Phi) is 3.95. The van der Waals surface area contributed by atoms with Crippen LogP contribution in [0.4, 0.5) is 0 Å². The maximum absolute atomic E-state index is 5.81. The van der Waals surface area contributed by atoms with Crippen LogP contribution in [0.25, 0.3) is 16.5 Å². The molecule has 0 bridgehead atoms. The van der Waals surface area contributed by atoms with E-state index in [0.717, 1.165) is 26.1 Å². The van der Waals surface area contributed by atoms with Crippen molar-refractivity contribution in [3.05, 3.63) is 53.2 Å². The second-order valence-electron chi connectivity index (χ2n) is 5.33. The van der Waals surface area contributed by atoms with Crippen molar-refractivity contribution < 1.29 is 0 Å². The predicted octanol–water partition coefficient (Wildman–Crippen LogP) is 4.16. The van der Waals surface area contributed by atoms with E-state index in [2.05, 4.69) is 53.3 Å². The summed E-state index contributed by atoms with van der Waals surface area (Å²) in [5, 5.41) is 4.71. The van der Waals surface area contributed by atoms with Gasteiger partial charge in [0, 0.05) is 41.3 Å². The first-order chi connectivity index (χ1) is 9.79. The van der Waals surface area contributed by atoms with Crippen LogP contribution in [0.15, 0.2) is 47.6 Å². The lowest BCUT2D eigenvalue weighted by atomic mass is 10.00. The SMILES string of the molecule is C/C(=C/Cl)Cn1cc(C2=CCNCC2)c2ccccc21. The fourth-order valence-electron chi connectivity index (χ4n) is 2.80. The third-order valence-electron chi connectivity index (χ3n) is 3.80. The van der Waals surface area contributed by atoms with Crippen LogP contribution >= 0.6 is 11.6 Å². The molecular formula is C17H19ClN2. The Morgan fingerprint density at radius 2 is 2.25 bits per heavy atom. The normalized spacial score (nSPS) is 16.5. The summed E-state index contributed by atoms with van der Waals surface area (Å²) in [7, 11) is 0. The molecule has 1 aromatic heterocycles. The number of allylic oxidation sites excluding steroid dienone is 1. The number of para-hydroxylation sites is 1. The molecule has 2 heterocycles. The second-order valence-corrected chi connectivity index (χ2v) is 5.54. The van der Waals surface area contributed by atoms with Crippen molar-refractivity contribution in [2.24, 2.45) is 0 Å². The predicted molar refractivity (Wildman–Crippen MR) is 87.0 cm³/mol. The van der Waals surface area contributed by atoms with Gasteiger partial charge in [-0.15, -0.1) is 0 Å². The van der Waals surface area contributed by atoms with E-state index in [1.165, 1.54) is 27.6 Å². The maximum Gasteiger partial charge on any atom is 0.0489 e. The maximum atomic E-state index is 5.81. The molecule has 2 aromatic rings. The van der Waals surface area contributed by atoms with Crippen molar-refractivity contribution in [2.75, 3.05) is 13.1 Å². The summed E-state index contributed by atoms with van der Waals surface area (Å²) in [6, 6.07) is 8.60. The molecule has 0 radical (unpaired) electrons. The number of nitrogens with one attached hydrogen (secondary N) is 1. The largest absolute Gasteiger partial charge is 0.343 e. The highest BCUT2D eigenvalue weighted by atomic mass is 35.5. The number of rotatable bonds is 3. The molecule has 2 nitrogen and oxygen atoms in total. The summed E-state index contributed by atoms with van der Waals surface area (Å²) < 4.78 is 2.29. The van der Waals surface area contributed by atoms with Gasteiger partial charge in [-0.2, -0.15) is 0 Å². The van der Waals surface area contributed by atoms with Gasteiger partial charge < -0.3 is 9.88 Å². The van der Waals surface area contributed by atoms with Crippen LogP contribution in [0.3, 0.4) is 0 Å². The molecule has 0 unspecified atom stereocenters. The third-order valence-corrected chi connectivity index (χ3v) is 4.18. The Bertz CT molecular complexity index is 679. The molecule has 3 rings (SSSR count). The Hall–Kier alpha value is -1.51. The molecular weight excluding hydrogens is 268 g/mol. The summed E-state index contributed by atoms with van der Waals surface area (Å²) in [6.45, 7) is 4.93. The van der Waals surface area contributed by atoms with Gasteiger partial charge in [0.05, 0.1) is 0 Å². The molecule has 1 aliphatic rings. The minimum atomic E-state index is 0.843. The van der Waals surface area contributed by atoms with Gasteiger partial charge in [0.2, 0.25) is 0 Å². The summed E-state index contributed by atoms with van der Waals surface area (Å²) in [5.41, 5.74) is 6.92. The van der Waals surface area contributed by atoms with Gasteiger partial charge in [0.25, 0.3) is 0 Å². The van der Waals surface area contributed by atoms with Crippen molar-refractivity contribution in [1.82, 2.24) is 9.88 Å². The minimum Gasteiger partial charge on any atom is -0.343 e. The molecule has 0 atom stereocenters. The van der Waals surface area contributed by atoms with Crippen LogP contribution in [0.2, 0.25) is 0 Å². The van der Waals surface area contributed by atoms with Crippen molar-refractivity contribution in [1.29, 1.82) is 0 Å². The molecule has 0 saturated heterocycles. The first-order valence-corrected chi connectivity index (χ1v) is 7.47. The van der Waals surface area contributed by atoms with Crippen LogP contribution in [-0.4, -0.2) is 17.7 Å². The zero-order valence-corrected chi connectivity index (χ0v) is 12.5. The summed E-state index contributed by atoms with van der Waals surface area (Å²) in [6.07, 6.45) is 5.67. The van der Waals surface area contributed by atoms with Crippen LogP contribution < -0.4 is 5.32 Å². The van der Waals surface area contributed by atoms with Gasteiger partial charge in [0.15, 0.2) is 0 Å². The topological polar surface area (TPSA) is 17.0 Å². The molecule has 0 saturated carbocycles. The van der Waals surface area contributed by atoms with Crippen LogP contribution in [-0.2, 0) is 6.54 Å². The standard InChI is InChI=1S/C17H19ClN2/c1-13(10-18)11-20-12-16(14-6-8-19-9-7-14)15-4-2-3-5-17(15)20/h2-6,10,12,19H,7-9,11H2,1H3/b13-10-. The molecule has 104 valence electrons. The Morgan fingerprint density at radius 1 is 1.40 bits per heavy atom. The Balaban J connectivity index is 2.11. The van der Waals surface area contributed by atoms with Crippen molar-refractivity contribution in [3.63, 3.8) is 0 Å². The number of benzene rings is 1. The fraction of sp³-hybridized carbons (Fsp3) is 0.294. The molecule has 1 aliphatic heterocycles. The van der Waals surface area contributed by atoms with Gasteiger partial charge in [-0.1, -0.05) is 35.9 Å². The average molecular weight is 287 g/mol. The van der Waals surface area contributed by atoms with Crippen LogP contribution in [0.5, 0.6) is 0 Å². The monoisotopic (exact) mass is 286 g/mol. The lowest BCUT2D eigenvalue weighted by Crippen LogP contribution is -2.19.